The van der Waals surface area contributed by atoms with Gasteiger partial charge in [0.25, 0.3) is 0 Å². The van der Waals surface area contributed by atoms with Gasteiger partial charge in [0, 0.05) is 11.6 Å². The third-order valence-corrected chi connectivity index (χ3v) is 5.69. The molecule has 2 heterocycles. The maximum atomic E-state index is 12.8. The number of fused-ring (bicyclic) bond motifs is 2. The summed E-state index contributed by atoms with van der Waals surface area (Å²) >= 11 is 0. The molecule has 0 saturated carbocycles. The van der Waals surface area contributed by atoms with Crippen molar-refractivity contribution < 1.29 is 14.3 Å². The van der Waals surface area contributed by atoms with E-state index < -0.39 is 0 Å². The molecule has 2 atom stereocenters. The highest BCUT2D eigenvalue weighted by molar-refractivity contribution is 5.95. The topological polar surface area (TPSA) is 46.6 Å². The van der Waals surface area contributed by atoms with E-state index in [2.05, 4.69) is 12.1 Å². The number of ether oxygens (including phenoxy) is 1. The number of benzene rings is 2. The maximum absolute atomic E-state index is 12.8. The average Bonchev–Trinajstić information content (AvgIpc) is 2.72. The molecule has 144 valence electrons. The molecule has 0 aliphatic carbocycles. The average molecular weight is 375 g/mol. The number of amides is 1. The molecule has 2 aromatic carbocycles. The molecule has 2 aromatic rings. The quantitative estimate of drug-likeness (QED) is 0.687. The summed E-state index contributed by atoms with van der Waals surface area (Å²) in [5.74, 6) is 0.0737. The van der Waals surface area contributed by atoms with Crippen molar-refractivity contribution in [3.05, 3.63) is 77.4 Å². The smallest absolute Gasteiger partial charge is 0.410 e. The fraction of sp³-hybridized carbons (Fsp3) is 0.333. The Bertz CT molecular complexity index is 903. The first-order chi connectivity index (χ1) is 13.6. The van der Waals surface area contributed by atoms with Crippen molar-refractivity contribution >= 4 is 17.4 Å². The lowest BCUT2D eigenvalue weighted by molar-refractivity contribution is 0.0510. The van der Waals surface area contributed by atoms with Crippen LogP contribution in [0.15, 0.2) is 60.7 Å². The molecular weight excluding hydrogens is 350 g/mol. The van der Waals surface area contributed by atoms with Gasteiger partial charge in [-0.15, -0.1) is 0 Å². The van der Waals surface area contributed by atoms with Gasteiger partial charge >= 0.3 is 6.09 Å². The Morgan fingerprint density at radius 2 is 1.89 bits per heavy atom. The SMILES string of the molecule is CC(=O)c1cccc(C2=CC3CCCC(C2)N3C(=O)OCc2ccccc2)c1. The van der Waals surface area contributed by atoms with Gasteiger partial charge in [-0.2, -0.15) is 0 Å². The van der Waals surface area contributed by atoms with Gasteiger partial charge in [-0.1, -0.05) is 54.6 Å². The minimum absolute atomic E-state index is 0.0618. The van der Waals surface area contributed by atoms with Crippen LogP contribution in [0.1, 0.15) is 54.1 Å². The van der Waals surface area contributed by atoms with Crippen molar-refractivity contribution in [2.45, 2.75) is 51.3 Å². The number of Topliss-reactive ketones (excluding diaryl/α,β-unsaturated/α-hetero) is 1. The Morgan fingerprint density at radius 1 is 1.07 bits per heavy atom. The molecular formula is C24H25NO3. The molecule has 1 fully saturated rings. The lowest BCUT2D eigenvalue weighted by Gasteiger charge is -2.44. The maximum Gasteiger partial charge on any atom is 0.410 e. The van der Waals surface area contributed by atoms with Crippen molar-refractivity contribution in [3.63, 3.8) is 0 Å². The van der Waals surface area contributed by atoms with Crippen LogP contribution >= 0.6 is 0 Å². The highest BCUT2D eigenvalue weighted by atomic mass is 16.6. The molecule has 1 saturated heterocycles. The van der Waals surface area contributed by atoms with Gasteiger partial charge in [-0.25, -0.2) is 4.79 Å². The van der Waals surface area contributed by atoms with Gasteiger partial charge in [0.1, 0.15) is 6.61 Å². The molecule has 2 aliphatic rings. The number of piperidine rings is 1. The molecule has 4 heteroatoms. The van der Waals surface area contributed by atoms with Crippen molar-refractivity contribution in [2.24, 2.45) is 0 Å². The number of rotatable bonds is 4. The Morgan fingerprint density at radius 3 is 2.64 bits per heavy atom. The van der Waals surface area contributed by atoms with Crippen molar-refractivity contribution in [1.29, 1.82) is 0 Å². The zero-order valence-corrected chi connectivity index (χ0v) is 16.1. The molecule has 4 rings (SSSR count). The monoisotopic (exact) mass is 375 g/mol. The van der Waals surface area contributed by atoms with Crippen LogP contribution < -0.4 is 0 Å². The molecule has 2 aliphatic heterocycles. The summed E-state index contributed by atoms with van der Waals surface area (Å²) in [4.78, 5) is 26.4. The first-order valence-corrected chi connectivity index (χ1v) is 9.93. The summed E-state index contributed by atoms with van der Waals surface area (Å²) in [6.07, 6.45) is 5.82. The fourth-order valence-corrected chi connectivity index (χ4v) is 4.26. The van der Waals surface area contributed by atoms with E-state index in [1.54, 1.807) is 6.92 Å². The highest BCUT2D eigenvalue weighted by Crippen LogP contribution is 2.37. The van der Waals surface area contributed by atoms with Crippen LogP contribution in [0.2, 0.25) is 0 Å². The van der Waals surface area contributed by atoms with Crippen molar-refractivity contribution in [3.8, 4) is 0 Å². The number of nitrogens with zero attached hydrogens (tertiary/aromatic N) is 1. The summed E-state index contributed by atoms with van der Waals surface area (Å²) in [5, 5.41) is 0. The summed E-state index contributed by atoms with van der Waals surface area (Å²) in [6, 6.07) is 17.8. The fourth-order valence-electron chi connectivity index (χ4n) is 4.26. The largest absolute Gasteiger partial charge is 0.445 e. The second kappa shape index (κ2) is 8.01. The van der Waals surface area contributed by atoms with Crippen LogP contribution in [-0.4, -0.2) is 28.9 Å². The molecule has 2 bridgehead atoms. The normalized spacial score (nSPS) is 21.0. The summed E-state index contributed by atoms with van der Waals surface area (Å²) < 4.78 is 5.61. The van der Waals surface area contributed by atoms with Crippen molar-refractivity contribution in [2.75, 3.05) is 0 Å². The van der Waals surface area contributed by atoms with Crippen LogP contribution in [0.3, 0.4) is 0 Å². The molecule has 2 unspecified atom stereocenters. The molecule has 28 heavy (non-hydrogen) atoms. The molecule has 0 radical (unpaired) electrons. The minimum Gasteiger partial charge on any atom is -0.445 e. The van der Waals surface area contributed by atoms with Crippen molar-refractivity contribution in [1.82, 2.24) is 4.90 Å². The lowest BCUT2D eigenvalue weighted by atomic mass is 9.83. The van der Waals surface area contributed by atoms with E-state index in [9.17, 15) is 9.59 Å². The second-order valence-electron chi connectivity index (χ2n) is 7.63. The van der Waals surface area contributed by atoms with E-state index in [0.29, 0.717) is 6.61 Å². The van der Waals surface area contributed by atoms with Gasteiger partial charge in [-0.05, 0) is 55.4 Å². The summed E-state index contributed by atoms with van der Waals surface area (Å²) in [5.41, 5.74) is 4.04. The molecule has 0 N–H and O–H groups in total. The zero-order valence-electron chi connectivity index (χ0n) is 16.1. The number of hydrogen-bond acceptors (Lipinski definition) is 3. The zero-order chi connectivity index (χ0) is 19.5. The van der Waals surface area contributed by atoms with E-state index in [1.165, 1.54) is 5.57 Å². The predicted octanol–water partition coefficient (Wildman–Crippen LogP) is 5.24. The van der Waals surface area contributed by atoms with Crippen LogP contribution in [-0.2, 0) is 11.3 Å². The van der Waals surface area contributed by atoms with Crippen LogP contribution in [0.25, 0.3) is 5.57 Å². The number of ketones is 1. The molecule has 4 nitrogen and oxygen atoms in total. The molecule has 0 aromatic heterocycles. The highest BCUT2D eigenvalue weighted by Gasteiger charge is 2.38. The Hall–Kier alpha value is -2.88. The van der Waals surface area contributed by atoms with Crippen LogP contribution in [0.5, 0.6) is 0 Å². The number of carbonyl (C=O) groups excluding carboxylic acids is 2. The van der Waals surface area contributed by atoms with E-state index in [0.717, 1.165) is 42.4 Å². The van der Waals surface area contributed by atoms with E-state index in [-0.39, 0.29) is 24.0 Å². The van der Waals surface area contributed by atoms with Gasteiger partial charge in [-0.3, -0.25) is 9.69 Å². The third-order valence-electron chi connectivity index (χ3n) is 5.69. The van der Waals surface area contributed by atoms with Gasteiger partial charge in [0.2, 0.25) is 0 Å². The second-order valence-corrected chi connectivity index (χ2v) is 7.63. The van der Waals surface area contributed by atoms with E-state index >= 15 is 0 Å². The van der Waals surface area contributed by atoms with E-state index in [1.807, 2.05) is 53.4 Å². The summed E-state index contributed by atoms with van der Waals surface area (Å²) in [7, 11) is 0. The minimum atomic E-state index is -0.230. The van der Waals surface area contributed by atoms with Gasteiger partial charge in [0.05, 0.1) is 6.04 Å². The predicted molar refractivity (Wildman–Crippen MR) is 109 cm³/mol. The third kappa shape index (κ3) is 3.86. The first-order valence-electron chi connectivity index (χ1n) is 9.93. The first kappa shape index (κ1) is 18.5. The number of hydrogen-bond donors (Lipinski definition) is 0. The Labute approximate surface area is 165 Å². The number of carbonyl (C=O) groups is 2. The van der Waals surface area contributed by atoms with E-state index in [4.69, 9.17) is 4.74 Å². The van der Waals surface area contributed by atoms with Gasteiger partial charge < -0.3 is 4.74 Å². The van der Waals surface area contributed by atoms with Crippen LogP contribution in [0.4, 0.5) is 4.79 Å². The standard InChI is InChI=1S/C24H25NO3/c1-17(26)19-9-5-10-20(13-19)21-14-22-11-6-12-23(15-21)25(22)24(27)28-16-18-7-3-2-4-8-18/h2-5,7-10,13-14,22-23H,6,11-12,15-16H2,1H3. The Balaban J connectivity index is 1.52. The van der Waals surface area contributed by atoms with Crippen LogP contribution in [0, 0.1) is 0 Å². The Kier molecular flexibility index (Phi) is 5.29. The summed E-state index contributed by atoms with van der Waals surface area (Å²) in [6.45, 7) is 1.89. The van der Waals surface area contributed by atoms with Gasteiger partial charge in [0.15, 0.2) is 5.78 Å². The lowest BCUT2D eigenvalue weighted by Crippen LogP contribution is -2.51. The molecule has 0 spiro atoms. The molecule has 1 amide bonds.